The van der Waals surface area contributed by atoms with Crippen molar-refractivity contribution in [1.29, 1.82) is 0 Å². The third kappa shape index (κ3) is 4.05. The van der Waals surface area contributed by atoms with Crippen molar-refractivity contribution in [3.8, 4) is 0 Å². The summed E-state index contributed by atoms with van der Waals surface area (Å²) in [5.74, 6) is 0. The van der Waals surface area contributed by atoms with Gasteiger partial charge in [0.2, 0.25) is 0 Å². The van der Waals surface area contributed by atoms with Gasteiger partial charge in [0.15, 0.2) is 0 Å². The number of hydrogen-bond donors (Lipinski definition) is 0. The van der Waals surface area contributed by atoms with Gasteiger partial charge >= 0.3 is 0 Å². The Kier molecular flexibility index (Phi) is 6.07. The first kappa shape index (κ1) is 16.5. The molecule has 0 N–H and O–H groups in total. The maximum Gasteiger partial charge on any atom is 0.0696 e. The number of hydrogen-bond acceptors (Lipinski definition) is 2. The van der Waals surface area contributed by atoms with Gasteiger partial charge in [-0.25, -0.2) is 0 Å². The highest BCUT2D eigenvalue weighted by Gasteiger charge is 2.11. The molecule has 2 aromatic carbocycles. The molecule has 0 aliphatic carbocycles. The van der Waals surface area contributed by atoms with E-state index in [4.69, 9.17) is 23.2 Å². The largest absolute Gasteiger partial charge is 0.316 e. The summed E-state index contributed by atoms with van der Waals surface area (Å²) in [5, 5.41) is 1.52. The molecule has 0 aromatic heterocycles. The molecule has 2 rings (SSSR count). The Morgan fingerprint density at radius 3 is 2.40 bits per heavy atom. The monoisotopic (exact) mass is 532 g/mol. The lowest BCUT2D eigenvalue weighted by molar-refractivity contribution is 1.08. The molecule has 20 heavy (non-hydrogen) atoms. The molecular weight excluding hydrogens is 521 g/mol. The number of nitrogens with zero attached hydrogens (tertiary/aromatic N) is 2. The predicted molar refractivity (Wildman–Crippen MR) is 106 cm³/mol. The first-order valence-corrected chi connectivity index (χ1v) is 8.53. The summed E-state index contributed by atoms with van der Waals surface area (Å²) in [6.07, 6.45) is 0. The van der Waals surface area contributed by atoms with Crippen molar-refractivity contribution in [2.75, 3.05) is 13.3 Å². The van der Waals surface area contributed by atoms with E-state index in [0.717, 1.165) is 33.5 Å². The molecule has 0 saturated carbocycles. The topological polar surface area (TPSA) is 6.48 Å². The summed E-state index contributed by atoms with van der Waals surface area (Å²) in [6.45, 7) is 0.720. The molecule has 2 nitrogen and oxygen atoms in total. The van der Waals surface area contributed by atoms with Gasteiger partial charge in [0, 0.05) is 17.8 Å². The Balaban J connectivity index is 2.24. The first-order valence-electron chi connectivity index (χ1n) is 5.85. The Hall–Kier alpha value is 0.0800. The zero-order chi connectivity index (χ0) is 14.7. The van der Waals surface area contributed by atoms with Gasteiger partial charge in [0.25, 0.3) is 0 Å². The molecular formula is C14H12Cl2I2N2. The fraction of sp³-hybridized carbons (Fsp3) is 0.143. The summed E-state index contributed by atoms with van der Waals surface area (Å²) in [6, 6.07) is 13.9. The zero-order valence-electron chi connectivity index (χ0n) is 10.7. The Morgan fingerprint density at radius 1 is 1.05 bits per heavy atom. The Bertz CT molecular complexity index is 605. The van der Waals surface area contributed by atoms with Crippen LogP contribution in [0.1, 0.15) is 5.56 Å². The van der Waals surface area contributed by atoms with E-state index in [2.05, 4.69) is 48.8 Å². The fourth-order valence-electron chi connectivity index (χ4n) is 1.79. The lowest BCUT2D eigenvalue weighted by Gasteiger charge is -2.20. The van der Waals surface area contributed by atoms with Gasteiger partial charge in [0.1, 0.15) is 0 Å². The van der Waals surface area contributed by atoms with Gasteiger partial charge in [-0.3, -0.25) is 0 Å². The molecule has 0 aliphatic rings. The third-order valence-electron chi connectivity index (χ3n) is 2.79. The van der Waals surface area contributed by atoms with Gasteiger partial charge in [0.05, 0.1) is 63.0 Å². The summed E-state index contributed by atoms with van der Waals surface area (Å²) in [7, 11) is 1.98. The molecule has 0 spiro atoms. The second-order valence-corrected chi connectivity index (χ2v) is 7.65. The minimum absolute atomic E-state index is 0.720. The quantitative estimate of drug-likeness (QED) is 0.345. The van der Waals surface area contributed by atoms with Gasteiger partial charge in [-0.1, -0.05) is 41.4 Å². The van der Waals surface area contributed by atoms with E-state index in [-0.39, 0.29) is 0 Å². The maximum atomic E-state index is 6.46. The van der Waals surface area contributed by atoms with E-state index in [9.17, 15) is 0 Å². The molecule has 0 unspecified atom stereocenters. The highest BCUT2D eigenvalue weighted by molar-refractivity contribution is 14.1. The molecule has 6 heteroatoms. The SMILES string of the molecule is CN(I)c1cccc(CN(I)c2cccc(Cl)c2)c1Cl. The average Bonchev–Trinajstić information content (AvgIpc) is 2.40. The summed E-state index contributed by atoms with van der Waals surface area (Å²) >= 11 is 17.0. The van der Waals surface area contributed by atoms with Gasteiger partial charge < -0.3 is 6.23 Å². The summed E-state index contributed by atoms with van der Waals surface area (Å²) in [4.78, 5) is 0. The van der Waals surface area contributed by atoms with Crippen LogP contribution in [0.25, 0.3) is 0 Å². The van der Waals surface area contributed by atoms with Crippen molar-refractivity contribution < 1.29 is 0 Å². The van der Waals surface area contributed by atoms with Crippen LogP contribution >= 0.6 is 68.9 Å². The van der Waals surface area contributed by atoms with Crippen molar-refractivity contribution in [3.05, 3.63) is 58.1 Å². The highest BCUT2D eigenvalue weighted by atomic mass is 127. The van der Waals surface area contributed by atoms with Crippen molar-refractivity contribution in [2.45, 2.75) is 6.54 Å². The molecule has 0 saturated heterocycles. The minimum Gasteiger partial charge on any atom is -0.316 e. The normalized spacial score (nSPS) is 10.4. The molecule has 0 radical (unpaired) electrons. The van der Waals surface area contributed by atoms with E-state index >= 15 is 0 Å². The van der Waals surface area contributed by atoms with Crippen LogP contribution in [-0.2, 0) is 6.54 Å². The van der Waals surface area contributed by atoms with Crippen LogP contribution in [0, 0.1) is 0 Å². The van der Waals surface area contributed by atoms with Crippen LogP contribution < -0.4 is 6.23 Å². The van der Waals surface area contributed by atoms with Gasteiger partial charge in [-0.2, -0.15) is 0 Å². The summed E-state index contributed by atoms with van der Waals surface area (Å²) < 4.78 is 4.09. The minimum atomic E-state index is 0.720. The second kappa shape index (κ2) is 7.38. The van der Waals surface area contributed by atoms with E-state index in [0.29, 0.717) is 0 Å². The van der Waals surface area contributed by atoms with Crippen molar-refractivity contribution in [3.63, 3.8) is 0 Å². The van der Waals surface area contributed by atoms with Crippen LogP contribution in [0.15, 0.2) is 42.5 Å². The number of halogens is 4. The van der Waals surface area contributed by atoms with E-state index in [1.54, 1.807) is 0 Å². The highest BCUT2D eigenvalue weighted by Crippen LogP contribution is 2.33. The lowest BCUT2D eigenvalue weighted by atomic mass is 10.2. The van der Waals surface area contributed by atoms with Crippen LogP contribution in [0.2, 0.25) is 10.0 Å². The molecule has 0 bridgehead atoms. The van der Waals surface area contributed by atoms with E-state index in [1.807, 2.05) is 52.6 Å². The Labute approximate surface area is 157 Å². The average molecular weight is 533 g/mol. The number of anilines is 2. The van der Waals surface area contributed by atoms with Gasteiger partial charge in [-0.15, -0.1) is 0 Å². The van der Waals surface area contributed by atoms with Crippen molar-refractivity contribution in [1.82, 2.24) is 0 Å². The molecule has 0 fully saturated rings. The molecule has 2 aromatic rings. The summed E-state index contributed by atoms with van der Waals surface area (Å²) in [5.41, 5.74) is 3.16. The maximum absolute atomic E-state index is 6.46. The lowest BCUT2D eigenvalue weighted by Crippen LogP contribution is -2.10. The molecule has 106 valence electrons. The number of benzene rings is 2. The van der Waals surface area contributed by atoms with Crippen LogP contribution in [0.5, 0.6) is 0 Å². The smallest absolute Gasteiger partial charge is 0.0696 e. The standard InChI is InChI=1S/C14H12Cl2I2N2/c1-19(17)13-7-2-4-10(14(13)16)9-20(18)12-6-3-5-11(15)8-12/h2-8H,9H2,1H3. The Morgan fingerprint density at radius 2 is 1.75 bits per heavy atom. The van der Waals surface area contributed by atoms with Crippen LogP contribution in [0.4, 0.5) is 11.4 Å². The van der Waals surface area contributed by atoms with Crippen LogP contribution in [0.3, 0.4) is 0 Å². The third-order valence-corrected chi connectivity index (χ3v) is 4.88. The fourth-order valence-corrected chi connectivity index (χ4v) is 3.50. The predicted octanol–water partition coefficient (Wildman–Crippen LogP) is 6.14. The van der Waals surface area contributed by atoms with Gasteiger partial charge in [-0.05, 0) is 29.8 Å². The number of rotatable bonds is 4. The van der Waals surface area contributed by atoms with Crippen molar-refractivity contribution in [2.24, 2.45) is 0 Å². The van der Waals surface area contributed by atoms with E-state index < -0.39 is 0 Å². The molecule has 0 atom stereocenters. The molecule has 0 amide bonds. The first-order chi connectivity index (χ1) is 9.49. The second-order valence-electron chi connectivity index (χ2n) is 4.23. The van der Waals surface area contributed by atoms with Crippen molar-refractivity contribution >= 4 is 80.3 Å². The van der Waals surface area contributed by atoms with Crippen LogP contribution in [-0.4, -0.2) is 7.05 Å². The molecule has 0 aliphatic heterocycles. The van der Waals surface area contributed by atoms with E-state index in [1.165, 1.54) is 0 Å². The zero-order valence-corrected chi connectivity index (χ0v) is 16.5. The molecule has 0 heterocycles.